The SMILES string of the molecule is CCCCNC(=O)NC(=O)CNC(c1ccc(F)cc1)C(C)(C)C. The van der Waals surface area contributed by atoms with Gasteiger partial charge in [0.1, 0.15) is 5.82 Å². The van der Waals surface area contributed by atoms with Gasteiger partial charge in [-0.25, -0.2) is 9.18 Å². The number of amides is 3. The molecule has 1 atom stereocenters. The Balaban J connectivity index is 2.58. The van der Waals surface area contributed by atoms with Gasteiger partial charge >= 0.3 is 6.03 Å². The van der Waals surface area contributed by atoms with Crippen molar-refractivity contribution in [1.82, 2.24) is 16.0 Å². The van der Waals surface area contributed by atoms with Crippen molar-refractivity contribution >= 4 is 11.9 Å². The number of benzene rings is 1. The molecule has 1 rings (SSSR count). The van der Waals surface area contributed by atoms with E-state index in [1.165, 1.54) is 12.1 Å². The number of nitrogens with one attached hydrogen (secondary N) is 3. The van der Waals surface area contributed by atoms with E-state index < -0.39 is 11.9 Å². The summed E-state index contributed by atoms with van der Waals surface area (Å²) in [6.45, 7) is 8.66. The van der Waals surface area contributed by atoms with E-state index in [9.17, 15) is 14.0 Å². The molecule has 3 amide bonds. The molecule has 134 valence electrons. The Morgan fingerprint density at radius 2 is 1.79 bits per heavy atom. The lowest BCUT2D eigenvalue weighted by Gasteiger charge is -2.32. The molecule has 0 heterocycles. The van der Waals surface area contributed by atoms with Crippen LogP contribution in [-0.4, -0.2) is 25.0 Å². The predicted octanol–water partition coefficient (Wildman–Crippen LogP) is 3.13. The van der Waals surface area contributed by atoms with Crippen LogP contribution in [0.3, 0.4) is 0 Å². The first kappa shape index (κ1) is 20.1. The van der Waals surface area contributed by atoms with Gasteiger partial charge in [-0.1, -0.05) is 46.2 Å². The van der Waals surface area contributed by atoms with E-state index in [-0.39, 0.29) is 23.8 Å². The number of carbonyl (C=O) groups is 2. The van der Waals surface area contributed by atoms with Crippen molar-refractivity contribution in [3.8, 4) is 0 Å². The van der Waals surface area contributed by atoms with Gasteiger partial charge in [-0.2, -0.15) is 0 Å². The third-order valence-electron chi connectivity index (χ3n) is 3.60. The van der Waals surface area contributed by atoms with E-state index in [1.54, 1.807) is 12.1 Å². The molecule has 1 aromatic rings. The van der Waals surface area contributed by atoms with Crippen LogP contribution in [0.5, 0.6) is 0 Å². The van der Waals surface area contributed by atoms with Gasteiger partial charge in [0.2, 0.25) is 5.91 Å². The molecule has 24 heavy (non-hydrogen) atoms. The minimum absolute atomic E-state index is 0.000507. The van der Waals surface area contributed by atoms with Gasteiger partial charge in [0.25, 0.3) is 0 Å². The molecule has 0 aliphatic carbocycles. The minimum atomic E-state index is -0.482. The van der Waals surface area contributed by atoms with Gasteiger partial charge in [-0.3, -0.25) is 10.1 Å². The molecular formula is C18H28FN3O2. The van der Waals surface area contributed by atoms with E-state index in [4.69, 9.17) is 0 Å². The Morgan fingerprint density at radius 1 is 1.17 bits per heavy atom. The van der Waals surface area contributed by atoms with Crippen LogP contribution in [-0.2, 0) is 4.79 Å². The maximum Gasteiger partial charge on any atom is 0.321 e. The van der Waals surface area contributed by atoms with Crippen LogP contribution in [0.4, 0.5) is 9.18 Å². The quantitative estimate of drug-likeness (QED) is 0.670. The standard InChI is InChI=1S/C18H28FN3O2/c1-5-6-11-20-17(24)22-15(23)12-21-16(18(2,3)4)13-7-9-14(19)10-8-13/h7-10,16,21H,5-6,11-12H2,1-4H3,(H2,20,22,23,24). The van der Waals surface area contributed by atoms with Gasteiger partial charge in [-0.05, 0) is 29.5 Å². The van der Waals surface area contributed by atoms with Crippen molar-refractivity contribution in [1.29, 1.82) is 0 Å². The predicted molar refractivity (Wildman–Crippen MR) is 93.0 cm³/mol. The summed E-state index contributed by atoms with van der Waals surface area (Å²) in [5.41, 5.74) is 0.714. The highest BCUT2D eigenvalue weighted by molar-refractivity contribution is 5.95. The molecule has 0 spiro atoms. The second kappa shape index (κ2) is 9.37. The fourth-order valence-corrected chi connectivity index (χ4v) is 2.37. The molecule has 1 unspecified atom stereocenters. The summed E-state index contributed by atoms with van der Waals surface area (Å²) in [5.74, 6) is -0.701. The Kier molecular flexibility index (Phi) is 7.85. The molecule has 5 nitrogen and oxygen atoms in total. The summed E-state index contributed by atoms with van der Waals surface area (Å²) in [6.07, 6.45) is 1.84. The Bertz CT molecular complexity index is 538. The third kappa shape index (κ3) is 7.08. The first-order valence-corrected chi connectivity index (χ1v) is 8.30. The van der Waals surface area contributed by atoms with Crippen LogP contribution in [0.15, 0.2) is 24.3 Å². The molecule has 1 aromatic carbocycles. The van der Waals surface area contributed by atoms with Crippen LogP contribution in [0.2, 0.25) is 0 Å². The average Bonchev–Trinajstić information content (AvgIpc) is 2.48. The first-order valence-electron chi connectivity index (χ1n) is 8.30. The van der Waals surface area contributed by atoms with Gasteiger partial charge < -0.3 is 10.6 Å². The normalized spacial score (nSPS) is 12.5. The second-order valence-electron chi connectivity index (χ2n) is 6.89. The molecule has 0 aromatic heterocycles. The largest absolute Gasteiger partial charge is 0.338 e. The Hall–Kier alpha value is -1.95. The summed E-state index contributed by atoms with van der Waals surface area (Å²) in [6, 6.07) is 5.58. The van der Waals surface area contributed by atoms with Crippen LogP contribution >= 0.6 is 0 Å². The molecule has 3 N–H and O–H groups in total. The highest BCUT2D eigenvalue weighted by Crippen LogP contribution is 2.32. The van der Waals surface area contributed by atoms with E-state index in [2.05, 4.69) is 16.0 Å². The third-order valence-corrected chi connectivity index (χ3v) is 3.60. The fraction of sp³-hybridized carbons (Fsp3) is 0.556. The number of rotatable bonds is 7. The fourth-order valence-electron chi connectivity index (χ4n) is 2.37. The molecule has 0 radical (unpaired) electrons. The Labute approximate surface area is 143 Å². The van der Waals surface area contributed by atoms with Crippen molar-refractivity contribution in [2.75, 3.05) is 13.1 Å². The van der Waals surface area contributed by atoms with E-state index >= 15 is 0 Å². The number of hydrogen-bond donors (Lipinski definition) is 3. The molecule has 0 aliphatic heterocycles. The molecule has 0 saturated heterocycles. The number of carbonyl (C=O) groups excluding carboxylic acids is 2. The smallest absolute Gasteiger partial charge is 0.321 e. The van der Waals surface area contributed by atoms with Crippen molar-refractivity contribution in [2.24, 2.45) is 5.41 Å². The zero-order valence-electron chi connectivity index (χ0n) is 14.9. The number of unbranched alkanes of at least 4 members (excludes halogenated alkanes) is 1. The van der Waals surface area contributed by atoms with Crippen LogP contribution < -0.4 is 16.0 Å². The first-order chi connectivity index (χ1) is 11.2. The number of halogens is 1. The number of urea groups is 1. The summed E-state index contributed by atoms with van der Waals surface area (Å²) in [7, 11) is 0. The molecule has 0 aliphatic rings. The minimum Gasteiger partial charge on any atom is -0.338 e. The highest BCUT2D eigenvalue weighted by atomic mass is 19.1. The molecule has 0 bridgehead atoms. The highest BCUT2D eigenvalue weighted by Gasteiger charge is 2.26. The zero-order chi connectivity index (χ0) is 18.2. The van der Waals surface area contributed by atoms with Crippen molar-refractivity contribution in [3.05, 3.63) is 35.6 Å². The van der Waals surface area contributed by atoms with Gasteiger partial charge in [0.15, 0.2) is 0 Å². The molecule has 6 heteroatoms. The van der Waals surface area contributed by atoms with E-state index in [1.807, 2.05) is 27.7 Å². The number of imide groups is 1. The van der Waals surface area contributed by atoms with Gasteiger partial charge in [-0.15, -0.1) is 0 Å². The maximum atomic E-state index is 13.1. The number of hydrogen-bond acceptors (Lipinski definition) is 3. The van der Waals surface area contributed by atoms with Gasteiger partial charge in [0, 0.05) is 12.6 Å². The molecular weight excluding hydrogens is 309 g/mol. The van der Waals surface area contributed by atoms with Crippen molar-refractivity contribution in [3.63, 3.8) is 0 Å². The van der Waals surface area contributed by atoms with Crippen LogP contribution in [0.25, 0.3) is 0 Å². The van der Waals surface area contributed by atoms with Crippen LogP contribution in [0, 0.1) is 11.2 Å². The lowest BCUT2D eigenvalue weighted by atomic mass is 9.82. The maximum absolute atomic E-state index is 13.1. The van der Waals surface area contributed by atoms with E-state index in [0.717, 1.165) is 18.4 Å². The lowest BCUT2D eigenvalue weighted by Crippen LogP contribution is -2.45. The summed E-state index contributed by atoms with van der Waals surface area (Å²) >= 11 is 0. The summed E-state index contributed by atoms with van der Waals surface area (Å²) in [4.78, 5) is 23.5. The topological polar surface area (TPSA) is 70.2 Å². The van der Waals surface area contributed by atoms with Crippen LogP contribution in [0.1, 0.15) is 52.1 Å². The average molecular weight is 337 g/mol. The van der Waals surface area contributed by atoms with Crippen molar-refractivity contribution in [2.45, 2.75) is 46.6 Å². The van der Waals surface area contributed by atoms with Crippen molar-refractivity contribution < 1.29 is 14.0 Å². The summed E-state index contributed by atoms with van der Waals surface area (Å²) in [5, 5.41) is 8.08. The van der Waals surface area contributed by atoms with Gasteiger partial charge in [0.05, 0.1) is 6.54 Å². The zero-order valence-corrected chi connectivity index (χ0v) is 14.9. The summed E-state index contributed by atoms with van der Waals surface area (Å²) < 4.78 is 13.1. The van der Waals surface area contributed by atoms with E-state index in [0.29, 0.717) is 6.54 Å². The second-order valence-corrected chi connectivity index (χ2v) is 6.89. The lowest BCUT2D eigenvalue weighted by molar-refractivity contribution is -0.119. The molecule has 0 fully saturated rings. The monoisotopic (exact) mass is 337 g/mol. The molecule has 0 saturated carbocycles. The Morgan fingerprint density at radius 3 is 2.33 bits per heavy atom.